The zero-order valence-electron chi connectivity index (χ0n) is 11.9. The van der Waals surface area contributed by atoms with Gasteiger partial charge in [0.15, 0.2) is 0 Å². The van der Waals surface area contributed by atoms with Gasteiger partial charge in [0.2, 0.25) is 5.91 Å². The number of rotatable bonds is 6. The molecule has 23 heavy (non-hydrogen) atoms. The van der Waals surface area contributed by atoms with Crippen molar-refractivity contribution in [3.63, 3.8) is 0 Å². The van der Waals surface area contributed by atoms with Crippen molar-refractivity contribution in [2.75, 3.05) is 7.05 Å². The van der Waals surface area contributed by atoms with E-state index in [9.17, 15) is 18.0 Å². The third-order valence-corrected chi connectivity index (χ3v) is 3.41. The summed E-state index contributed by atoms with van der Waals surface area (Å²) in [5.74, 6) is -0.781. The first kappa shape index (κ1) is 19.6. The first-order chi connectivity index (χ1) is 10.6. The third kappa shape index (κ3) is 7.08. The lowest BCUT2D eigenvalue weighted by molar-refractivity contribution is -0.148. The summed E-state index contributed by atoms with van der Waals surface area (Å²) in [5.41, 5.74) is 0.443. The van der Waals surface area contributed by atoms with Crippen LogP contribution in [0.15, 0.2) is 27.9 Å². The second-order valence-corrected chi connectivity index (χ2v) is 5.88. The van der Waals surface area contributed by atoms with Gasteiger partial charge in [-0.05, 0) is 22.0 Å². The molecule has 0 radical (unpaired) electrons. The normalized spacial score (nSPS) is 13.1. The Balaban J connectivity index is 2.81. The van der Waals surface area contributed by atoms with Crippen LogP contribution >= 0.6 is 27.5 Å². The fourth-order valence-electron chi connectivity index (χ4n) is 1.54. The molecule has 1 aromatic heterocycles. The second-order valence-electron chi connectivity index (χ2n) is 4.55. The largest absolute Gasteiger partial charge is 0.389 e. The maximum Gasteiger partial charge on any atom is 0.389 e. The fourth-order valence-corrected chi connectivity index (χ4v) is 2.10. The van der Waals surface area contributed by atoms with E-state index in [0.717, 1.165) is 4.90 Å². The molecule has 0 aliphatic rings. The molecule has 0 aromatic carbocycles. The van der Waals surface area contributed by atoms with Crippen LogP contribution in [0.5, 0.6) is 0 Å². The van der Waals surface area contributed by atoms with Crippen molar-refractivity contribution in [1.82, 2.24) is 9.88 Å². The van der Waals surface area contributed by atoms with E-state index in [1.807, 2.05) is 0 Å². The van der Waals surface area contributed by atoms with Gasteiger partial charge < -0.3 is 4.90 Å². The minimum atomic E-state index is -4.42. The number of nitrogens with one attached hydrogen (secondary N) is 1. The van der Waals surface area contributed by atoms with E-state index >= 15 is 0 Å². The van der Waals surface area contributed by atoms with Gasteiger partial charge in [-0.15, -0.1) is 0 Å². The lowest BCUT2D eigenvalue weighted by atomic mass is 10.2. The summed E-state index contributed by atoms with van der Waals surface area (Å²) in [6, 6.07) is 0.598. The zero-order chi connectivity index (χ0) is 17.6. The summed E-state index contributed by atoms with van der Waals surface area (Å²) >= 11 is 8.83. The Kier molecular flexibility index (Phi) is 7.14. The summed E-state index contributed by atoms with van der Waals surface area (Å²) in [6.07, 6.45) is -2.16. The maximum atomic E-state index is 12.2. The lowest BCUT2D eigenvalue weighted by Crippen LogP contribution is -2.42. The Hall–Kier alpha value is -1.48. The van der Waals surface area contributed by atoms with Crippen LogP contribution in [0.3, 0.4) is 0 Å². The molecule has 0 aliphatic heterocycles. The minimum absolute atomic E-state index is 0.431. The SMILES string of the molecule is CN(C(=O)CCC(F)(F)F)C(C=Nc1cncc(Br)c1)C(=N)Cl. The number of amides is 1. The van der Waals surface area contributed by atoms with E-state index in [1.165, 1.54) is 19.5 Å². The molecule has 0 aliphatic carbocycles. The monoisotopic (exact) mass is 412 g/mol. The molecule has 1 rings (SSSR count). The number of hydrogen-bond acceptors (Lipinski definition) is 4. The highest BCUT2D eigenvalue weighted by atomic mass is 79.9. The molecule has 0 spiro atoms. The van der Waals surface area contributed by atoms with Crippen LogP contribution in [-0.2, 0) is 4.79 Å². The van der Waals surface area contributed by atoms with Crippen molar-refractivity contribution in [2.45, 2.75) is 25.1 Å². The van der Waals surface area contributed by atoms with Crippen molar-refractivity contribution in [1.29, 1.82) is 5.41 Å². The molecule has 0 bridgehead atoms. The summed E-state index contributed by atoms with van der Waals surface area (Å²) in [4.78, 5) is 20.7. The standard InChI is InChI=1S/C13H13BrClF3N4O/c1-22(11(23)2-3-13(16,17)18)10(12(15)19)7-21-9-4-8(14)5-20-6-9/h4-7,10,19H,2-3H2,1H3. The van der Waals surface area contributed by atoms with Crippen LogP contribution in [0.4, 0.5) is 18.9 Å². The average molecular weight is 414 g/mol. The molecule has 1 amide bonds. The molecular weight excluding hydrogens is 401 g/mol. The maximum absolute atomic E-state index is 12.2. The highest BCUT2D eigenvalue weighted by Gasteiger charge is 2.30. The molecule has 1 N–H and O–H groups in total. The van der Waals surface area contributed by atoms with Gasteiger partial charge in [-0.2, -0.15) is 13.2 Å². The van der Waals surface area contributed by atoms with Crippen molar-refractivity contribution in [3.8, 4) is 0 Å². The predicted octanol–water partition coefficient (Wildman–Crippen LogP) is 3.93. The van der Waals surface area contributed by atoms with Crippen LogP contribution in [0.1, 0.15) is 12.8 Å². The molecule has 1 aromatic rings. The van der Waals surface area contributed by atoms with Crippen LogP contribution < -0.4 is 0 Å². The molecule has 10 heteroatoms. The van der Waals surface area contributed by atoms with Crippen molar-refractivity contribution in [2.24, 2.45) is 4.99 Å². The van der Waals surface area contributed by atoms with Crippen LogP contribution in [0, 0.1) is 5.41 Å². The van der Waals surface area contributed by atoms with Gasteiger partial charge in [0.05, 0.1) is 18.3 Å². The van der Waals surface area contributed by atoms with Gasteiger partial charge in [-0.25, -0.2) is 0 Å². The number of hydrogen-bond donors (Lipinski definition) is 1. The van der Waals surface area contributed by atoms with Crippen LogP contribution in [0.2, 0.25) is 0 Å². The average Bonchev–Trinajstić information content (AvgIpc) is 2.43. The van der Waals surface area contributed by atoms with Gasteiger partial charge in [0.1, 0.15) is 11.2 Å². The number of carbonyl (C=O) groups excluding carboxylic acids is 1. The fraction of sp³-hybridized carbons (Fsp3) is 0.385. The van der Waals surface area contributed by atoms with Crippen molar-refractivity contribution < 1.29 is 18.0 Å². The van der Waals surface area contributed by atoms with Gasteiger partial charge in [-0.1, -0.05) is 11.6 Å². The summed E-state index contributed by atoms with van der Waals surface area (Å²) in [6.45, 7) is 0. The van der Waals surface area contributed by atoms with E-state index < -0.39 is 36.1 Å². The number of aromatic nitrogens is 1. The van der Waals surface area contributed by atoms with Crippen molar-refractivity contribution >= 4 is 50.5 Å². The van der Waals surface area contributed by atoms with E-state index in [2.05, 4.69) is 25.9 Å². The number of halogens is 5. The molecule has 0 fully saturated rings. The molecule has 1 heterocycles. The first-order valence-electron chi connectivity index (χ1n) is 6.31. The van der Waals surface area contributed by atoms with Gasteiger partial charge in [0, 0.05) is 30.4 Å². The molecule has 1 atom stereocenters. The highest BCUT2D eigenvalue weighted by Crippen LogP contribution is 2.22. The minimum Gasteiger partial charge on any atom is -0.331 e. The molecule has 0 saturated carbocycles. The van der Waals surface area contributed by atoms with E-state index in [1.54, 1.807) is 12.3 Å². The quantitative estimate of drug-likeness (QED) is 0.718. The number of aliphatic imine (C=N–C) groups is 1. The van der Waals surface area contributed by atoms with Crippen LogP contribution in [0.25, 0.3) is 0 Å². The van der Waals surface area contributed by atoms with Gasteiger partial charge in [0.25, 0.3) is 0 Å². The lowest BCUT2D eigenvalue weighted by Gasteiger charge is -2.23. The second kappa shape index (κ2) is 8.39. The predicted molar refractivity (Wildman–Crippen MR) is 85.5 cm³/mol. The summed E-state index contributed by atoms with van der Waals surface area (Å²) < 4.78 is 37.2. The summed E-state index contributed by atoms with van der Waals surface area (Å²) in [7, 11) is 1.27. The third-order valence-electron chi connectivity index (χ3n) is 2.75. The molecule has 1 unspecified atom stereocenters. The topological polar surface area (TPSA) is 69.4 Å². The van der Waals surface area contributed by atoms with E-state index in [-0.39, 0.29) is 0 Å². The Morgan fingerprint density at radius 1 is 1.57 bits per heavy atom. The Bertz CT molecular complexity index is 609. The smallest absolute Gasteiger partial charge is 0.331 e. The number of alkyl halides is 3. The Morgan fingerprint density at radius 3 is 2.74 bits per heavy atom. The molecule has 0 saturated heterocycles. The Labute approximate surface area is 144 Å². The van der Waals surface area contributed by atoms with Crippen molar-refractivity contribution in [3.05, 3.63) is 22.9 Å². The molecular formula is C13H13BrClF3N4O. The van der Waals surface area contributed by atoms with Gasteiger partial charge >= 0.3 is 6.18 Å². The molecule has 126 valence electrons. The van der Waals surface area contributed by atoms with Crippen LogP contribution in [-0.4, -0.2) is 46.4 Å². The summed E-state index contributed by atoms with van der Waals surface area (Å²) in [5, 5.41) is 7.04. The van der Waals surface area contributed by atoms with E-state index in [4.69, 9.17) is 17.0 Å². The van der Waals surface area contributed by atoms with Gasteiger partial charge in [-0.3, -0.25) is 20.2 Å². The zero-order valence-corrected chi connectivity index (χ0v) is 14.3. The highest BCUT2D eigenvalue weighted by molar-refractivity contribution is 9.10. The first-order valence-corrected chi connectivity index (χ1v) is 7.48. The number of carbonyl (C=O) groups is 1. The Morgan fingerprint density at radius 2 is 2.22 bits per heavy atom. The molecule has 5 nitrogen and oxygen atoms in total. The number of pyridine rings is 1. The van der Waals surface area contributed by atoms with E-state index in [0.29, 0.717) is 10.2 Å². The number of nitrogens with zero attached hydrogens (tertiary/aromatic N) is 3.